The number of carboxylic acid groups (broad SMARTS) is 2. The standard InChI is InChI=1S/C22H29BN2O13/c1-8(2)24-19(32)11(6-13(26)27)25-18(31)10-5-9(7-36-22(23)35)3-4-12(10)37-21-16(30)14(28)15(29)17(38-21)20(33)34/h3-5,8,11,14-17,21,28-30H,6-7,23H2,1-2H3,(H,24,32)(H,25,31)(H,26,27)(H,33,34)/t11-,14-,15-,16+,17-,21+/m0/s1. The maximum absolute atomic E-state index is 13.2. The normalized spacial score (nSPS) is 23.7. The van der Waals surface area contributed by atoms with Crippen LogP contribution in [-0.2, 0) is 30.5 Å². The largest absolute Gasteiger partial charge is 0.481 e. The zero-order valence-corrected chi connectivity index (χ0v) is 20.7. The first-order valence-corrected chi connectivity index (χ1v) is 11.4. The Labute approximate surface area is 217 Å². The van der Waals surface area contributed by atoms with E-state index in [1.807, 2.05) is 0 Å². The quantitative estimate of drug-likeness (QED) is 0.142. The highest BCUT2D eigenvalue weighted by Crippen LogP contribution is 2.28. The van der Waals surface area contributed by atoms with Gasteiger partial charge in [-0.2, -0.15) is 0 Å². The number of nitrogens with one attached hydrogen (secondary N) is 2. The highest BCUT2D eigenvalue weighted by Gasteiger charge is 2.48. The summed E-state index contributed by atoms with van der Waals surface area (Å²) in [4.78, 5) is 59.5. The number of benzene rings is 1. The molecular weight excluding hydrogens is 511 g/mol. The molecule has 16 heteroatoms. The maximum Gasteiger partial charge on any atom is 0.335 e. The van der Waals surface area contributed by atoms with Crippen molar-refractivity contribution in [3.8, 4) is 5.75 Å². The minimum atomic E-state index is -1.98. The van der Waals surface area contributed by atoms with E-state index in [4.69, 9.17) is 14.2 Å². The predicted octanol–water partition coefficient (Wildman–Crippen LogP) is -2.67. The third-order valence-electron chi connectivity index (χ3n) is 5.22. The fourth-order valence-corrected chi connectivity index (χ4v) is 3.41. The van der Waals surface area contributed by atoms with Crippen molar-refractivity contribution in [3.05, 3.63) is 29.3 Å². The number of aliphatic carboxylic acids is 2. The summed E-state index contributed by atoms with van der Waals surface area (Å²) >= 11 is 0. The van der Waals surface area contributed by atoms with E-state index < -0.39 is 72.8 Å². The van der Waals surface area contributed by atoms with Gasteiger partial charge in [0.1, 0.15) is 36.7 Å². The molecule has 1 aliphatic rings. The molecule has 0 bridgehead atoms. The molecule has 6 atom stereocenters. The van der Waals surface area contributed by atoms with Gasteiger partial charge in [0.25, 0.3) is 5.91 Å². The minimum absolute atomic E-state index is 0.267. The van der Waals surface area contributed by atoms with Gasteiger partial charge in [-0.05, 0) is 31.5 Å². The molecule has 1 heterocycles. The van der Waals surface area contributed by atoms with Crippen molar-refractivity contribution in [1.82, 2.24) is 10.6 Å². The van der Waals surface area contributed by atoms with E-state index in [1.165, 1.54) is 18.2 Å². The van der Waals surface area contributed by atoms with E-state index >= 15 is 0 Å². The molecule has 1 aliphatic heterocycles. The average Bonchev–Trinajstić information content (AvgIpc) is 2.82. The Kier molecular flexibility index (Phi) is 10.6. The number of hydrogen-bond donors (Lipinski definition) is 7. The van der Waals surface area contributed by atoms with Gasteiger partial charge in [-0.3, -0.25) is 19.2 Å². The van der Waals surface area contributed by atoms with Gasteiger partial charge in [0, 0.05) is 6.04 Å². The molecule has 0 aliphatic carbocycles. The van der Waals surface area contributed by atoms with Crippen molar-refractivity contribution in [1.29, 1.82) is 0 Å². The summed E-state index contributed by atoms with van der Waals surface area (Å²) in [5, 5.41) is 53.4. The summed E-state index contributed by atoms with van der Waals surface area (Å²) in [5.41, 5.74) is -0.0474. The van der Waals surface area contributed by atoms with E-state index in [-0.39, 0.29) is 29.5 Å². The molecule has 1 saturated heterocycles. The molecule has 38 heavy (non-hydrogen) atoms. The van der Waals surface area contributed by atoms with Crippen molar-refractivity contribution < 1.29 is 63.7 Å². The van der Waals surface area contributed by atoms with E-state index in [0.717, 1.165) is 7.85 Å². The summed E-state index contributed by atoms with van der Waals surface area (Å²) in [5.74, 6) is -5.75. The molecule has 1 aromatic rings. The van der Waals surface area contributed by atoms with E-state index in [9.17, 15) is 49.5 Å². The summed E-state index contributed by atoms with van der Waals surface area (Å²) in [6.45, 7) is 3.00. The van der Waals surface area contributed by atoms with Gasteiger partial charge in [0.05, 0.1) is 12.0 Å². The third-order valence-corrected chi connectivity index (χ3v) is 5.22. The van der Waals surface area contributed by atoms with E-state index in [1.54, 1.807) is 13.8 Å². The number of carbonyl (C=O) groups is 5. The Balaban J connectivity index is 2.42. The molecule has 0 radical (unpaired) electrons. The number of carboxylic acids is 2. The third kappa shape index (κ3) is 8.14. The lowest BCUT2D eigenvalue weighted by Gasteiger charge is -2.38. The lowest BCUT2D eigenvalue weighted by atomic mass is 9.99. The van der Waals surface area contributed by atoms with Crippen LogP contribution >= 0.6 is 0 Å². The summed E-state index contributed by atoms with van der Waals surface area (Å²) < 4.78 is 15.5. The zero-order chi connectivity index (χ0) is 28.7. The number of hydrogen-bond acceptors (Lipinski definition) is 11. The number of ether oxygens (including phenoxy) is 3. The number of aliphatic hydroxyl groups excluding tert-OH is 3. The highest BCUT2D eigenvalue weighted by molar-refractivity contribution is 6.55. The number of aliphatic hydroxyl groups is 3. The second kappa shape index (κ2) is 13.2. The van der Waals surface area contributed by atoms with Gasteiger partial charge in [-0.15, -0.1) is 0 Å². The fourth-order valence-electron chi connectivity index (χ4n) is 3.41. The summed E-state index contributed by atoms with van der Waals surface area (Å²) in [6.07, 6.45) is -10.5. The maximum atomic E-state index is 13.2. The molecule has 7 N–H and O–H groups in total. The van der Waals surface area contributed by atoms with Crippen LogP contribution in [0.4, 0.5) is 4.79 Å². The number of rotatable bonds is 11. The van der Waals surface area contributed by atoms with Crippen molar-refractivity contribution in [2.45, 2.75) is 69.7 Å². The van der Waals surface area contributed by atoms with Gasteiger partial charge >= 0.3 is 11.9 Å². The summed E-state index contributed by atoms with van der Waals surface area (Å²) in [7, 11) is 1.16. The molecule has 1 fully saturated rings. The van der Waals surface area contributed by atoms with Crippen molar-refractivity contribution in [3.63, 3.8) is 0 Å². The predicted molar refractivity (Wildman–Crippen MR) is 127 cm³/mol. The van der Waals surface area contributed by atoms with Gasteiger partial charge in [-0.25, -0.2) is 4.79 Å². The molecule has 15 nitrogen and oxygen atoms in total. The van der Waals surface area contributed by atoms with Crippen LogP contribution in [0.3, 0.4) is 0 Å². The smallest absolute Gasteiger partial charge is 0.335 e. The van der Waals surface area contributed by atoms with Gasteiger partial charge in [0.2, 0.25) is 25.9 Å². The van der Waals surface area contributed by atoms with Crippen LogP contribution in [-0.4, -0.2) is 106 Å². The van der Waals surface area contributed by atoms with Gasteiger partial charge < -0.3 is 50.4 Å². The summed E-state index contributed by atoms with van der Waals surface area (Å²) in [6, 6.07) is 1.88. The zero-order valence-electron chi connectivity index (χ0n) is 20.7. The molecule has 0 unspecified atom stereocenters. The Morgan fingerprint density at radius 1 is 1.03 bits per heavy atom. The van der Waals surface area contributed by atoms with Gasteiger partial charge in [0.15, 0.2) is 6.10 Å². The SMILES string of the molecule is BC(=O)OCc1ccc(O[C@@H]2O[C@H](C(=O)O)[C@@H](O)[C@H](O)[C@H]2O)c(C(=O)N[C@@H](CC(=O)O)C(=O)NC(C)C)c1. The van der Waals surface area contributed by atoms with Crippen molar-refractivity contribution >= 4 is 37.5 Å². The minimum Gasteiger partial charge on any atom is -0.481 e. The Hall–Kier alpha value is -3.73. The Morgan fingerprint density at radius 2 is 1.68 bits per heavy atom. The first-order valence-electron chi connectivity index (χ1n) is 11.4. The number of carbonyl (C=O) groups excluding carboxylic acids is 3. The molecule has 0 aromatic heterocycles. The molecule has 2 rings (SSSR count). The first kappa shape index (κ1) is 30.5. The lowest BCUT2D eigenvalue weighted by Crippen LogP contribution is -2.61. The molecule has 0 saturated carbocycles. The highest BCUT2D eigenvalue weighted by atomic mass is 16.7. The Morgan fingerprint density at radius 3 is 2.24 bits per heavy atom. The van der Waals surface area contributed by atoms with Crippen LogP contribution in [0, 0.1) is 0 Å². The van der Waals surface area contributed by atoms with Crippen LogP contribution in [0.15, 0.2) is 18.2 Å². The van der Waals surface area contributed by atoms with Crippen LogP contribution in [0.5, 0.6) is 5.75 Å². The van der Waals surface area contributed by atoms with Crippen LogP contribution in [0.25, 0.3) is 0 Å². The van der Waals surface area contributed by atoms with Crippen molar-refractivity contribution in [2.75, 3.05) is 0 Å². The average molecular weight is 540 g/mol. The Bertz CT molecular complexity index is 1070. The molecule has 1 aromatic carbocycles. The fraction of sp³-hybridized carbons (Fsp3) is 0.500. The first-order chi connectivity index (χ1) is 17.7. The molecule has 208 valence electrons. The van der Waals surface area contributed by atoms with E-state index in [0.29, 0.717) is 0 Å². The van der Waals surface area contributed by atoms with E-state index in [2.05, 4.69) is 10.6 Å². The topological polar surface area (TPSA) is 238 Å². The second-order valence-electron chi connectivity index (χ2n) is 8.75. The molecule has 2 amide bonds. The lowest BCUT2D eigenvalue weighted by molar-refractivity contribution is -0.271. The number of amides is 2. The molecular formula is C22H29BN2O13. The van der Waals surface area contributed by atoms with Crippen molar-refractivity contribution in [2.24, 2.45) is 0 Å². The monoisotopic (exact) mass is 540 g/mol. The van der Waals surface area contributed by atoms with Crippen LogP contribution in [0.2, 0.25) is 0 Å². The molecule has 0 spiro atoms. The van der Waals surface area contributed by atoms with Gasteiger partial charge in [-0.1, -0.05) is 6.07 Å². The van der Waals surface area contributed by atoms with Crippen LogP contribution < -0.4 is 15.4 Å². The van der Waals surface area contributed by atoms with Crippen LogP contribution in [0.1, 0.15) is 36.2 Å². The second-order valence-corrected chi connectivity index (χ2v) is 8.75.